The topological polar surface area (TPSA) is 75.4 Å². The first-order chi connectivity index (χ1) is 14.2. The van der Waals surface area contributed by atoms with Gasteiger partial charge in [0.25, 0.3) is 10.0 Å². The van der Waals surface area contributed by atoms with Gasteiger partial charge in [0, 0.05) is 30.5 Å². The number of nitrogens with zero attached hydrogens (tertiary/aromatic N) is 2. The lowest BCUT2D eigenvalue weighted by Crippen LogP contribution is -2.29. The van der Waals surface area contributed by atoms with Crippen LogP contribution in [0.2, 0.25) is 0 Å². The van der Waals surface area contributed by atoms with Gasteiger partial charge < -0.3 is 9.42 Å². The number of aromatic nitrogens is 1. The zero-order valence-electron chi connectivity index (χ0n) is 15.6. The van der Waals surface area contributed by atoms with E-state index in [1.54, 1.807) is 12.1 Å². The average Bonchev–Trinajstić information content (AvgIpc) is 3.39. The second-order valence-electron chi connectivity index (χ2n) is 6.89. The van der Waals surface area contributed by atoms with E-state index in [-0.39, 0.29) is 14.8 Å². The van der Waals surface area contributed by atoms with Gasteiger partial charge in [0.05, 0.1) is 4.88 Å². The molecule has 0 amide bonds. The van der Waals surface area contributed by atoms with Crippen molar-refractivity contribution in [3.63, 3.8) is 0 Å². The lowest BCUT2D eigenvalue weighted by molar-refractivity contribution is -0.155. The van der Waals surface area contributed by atoms with Crippen LogP contribution < -0.4 is 9.62 Å². The van der Waals surface area contributed by atoms with E-state index in [0.29, 0.717) is 5.69 Å². The monoisotopic (exact) mass is 457 g/mol. The number of nitrogens with one attached hydrogen (secondary N) is 1. The number of alkyl halides is 3. The van der Waals surface area contributed by atoms with E-state index in [2.05, 4.69) is 19.3 Å². The van der Waals surface area contributed by atoms with Crippen molar-refractivity contribution in [3.05, 3.63) is 48.2 Å². The Kier molecular flexibility index (Phi) is 5.49. The predicted octanol–water partition coefficient (Wildman–Crippen LogP) is 5.21. The lowest BCUT2D eigenvalue weighted by atomic mass is 10.1. The van der Waals surface area contributed by atoms with Gasteiger partial charge in [-0.25, -0.2) is 8.42 Å². The van der Waals surface area contributed by atoms with Crippen LogP contribution >= 0.6 is 11.3 Å². The van der Waals surface area contributed by atoms with Gasteiger partial charge in [-0.1, -0.05) is 5.16 Å². The summed E-state index contributed by atoms with van der Waals surface area (Å²) in [4.78, 5) is 2.52. The van der Waals surface area contributed by atoms with Crippen LogP contribution in [0.4, 0.5) is 24.5 Å². The molecule has 1 aromatic carbocycles. The van der Waals surface area contributed by atoms with Crippen molar-refractivity contribution in [2.45, 2.75) is 29.6 Å². The molecule has 0 aliphatic carbocycles. The zero-order chi connectivity index (χ0) is 21.4. The van der Waals surface area contributed by atoms with Crippen molar-refractivity contribution < 1.29 is 26.1 Å². The predicted molar refractivity (Wildman–Crippen MR) is 108 cm³/mol. The average molecular weight is 457 g/mol. The second-order valence-corrected chi connectivity index (χ2v) is 9.89. The summed E-state index contributed by atoms with van der Waals surface area (Å²) in [5.41, 5.74) is 1.38. The van der Waals surface area contributed by atoms with Gasteiger partial charge in [0.15, 0.2) is 0 Å². The van der Waals surface area contributed by atoms with Gasteiger partial charge in [-0.05, 0) is 55.7 Å². The molecule has 1 saturated heterocycles. The van der Waals surface area contributed by atoms with Crippen molar-refractivity contribution in [3.8, 4) is 10.6 Å². The number of halogens is 3. The quantitative estimate of drug-likeness (QED) is 0.569. The molecule has 0 saturated carbocycles. The molecule has 11 heteroatoms. The first-order valence-corrected chi connectivity index (χ1v) is 11.5. The van der Waals surface area contributed by atoms with Crippen LogP contribution in [0.3, 0.4) is 0 Å². The Labute approximate surface area is 175 Å². The number of anilines is 2. The Morgan fingerprint density at radius 1 is 1.03 bits per heavy atom. The van der Waals surface area contributed by atoms with E-state index in [1.165, 1.54) is 18.6 Å². The van der Waals surface area contributed by atoms with Crippen molar-refractivity contribution >= 4 is 32.7 Å². The Balaban J connectivity index is 1.48. The molecule has 1 aliphatic heterocycles. The molecule has 3 aromatic rings. The summed E-state index contributed by atoms with van der Waals surface area (Å²) >= 11 is 0.813. The Hall–Kier alpha value is -2.53. The van der Waals surface area contributed by atoms with Crippen LogP contribution in [0, 0.1) is 0 Å². The molecule has 6 nitrogen and oxygen atoms in total. The lowest BCUT2D eigenvalue weighted by Gasteiger charge is -2.28. The summed E-state index contributed by atoms with van der Waals surface area (Å²) in [5.74, 6) is -1.23. The fourth-order valence-electron chi connectivity index (χ4n) is 3.23. The number of hydrogen-bond acceptors (Lipinski definition) is 6. The van der Waals surface area contributed by atoms with Crippen LogP contribution in [0.5, 0.6) is 0 Å². The molecule has 1 aliphatic rings. The highest BCUT2D eigenvalue weighted by atomic mass is 32.2. The molecule has 0 atom stereocenters. The summed E-state index contributed by atoms with van der Waals surface area (Å²) in [5, 5.41) is 3.38. The van der Waals surface area contributed by atoms with Crippen molar-refractivity contribution in [1.29, 1.82) is 0 Å². The number of benzene rings is 1. The van der Waals surface area contributed by atoms with Crippen LogP contribution in [0.15, 0.2) is 51.2 Å². The Bertz CT molecular complexity index is 1120. The summed E-state index contributed by atoms with van der Waals surface area (Å²) in [6.45, 7) is 1.97. The van der Waals surface area contributed by atoms with Gasteiger partial charge in [-0.3, -0.25) is 4.72 Å². The van der Waals surface area contributed by atoms with Gasteiger partial charge in [0.2, 0.25) is 5.76 Å². The van der Waals surface area contributed by atoms with Gasteiger partial charge in [-0.15, -0.1) is 11.3 Å². The fraction of sp³-hybridized carbons (Fsp3) is 0.316. The number of hydrogen-bond donors (Lipinski definition) is 1. The maximum Gasteiger partial charge on any atom is 0.452 e. The van der Waals surface area contributed by atoms with Gasteiger partial charge >= 0.3 is 6.18 Å². The fourth-order valence-corrected chi connectivity index (χ4v) is 5.54. The zero-order valence-corrected chi connectivity index (χ0v) is 17.3. The van der Waals surface area contributed by atoms with Crippen LogP contribution in [0.1, 0.15) is 25.0 Å². The molecule has 2 aromatic heterocycles. The van der Waals surface area contributed by atoms with Crippen molar-refractivity contribution in [1.82, 2.24) is 5.16 Å². The molecule has 0 unspecified atom stereocenters. The highest BCUT2D eigenvalue weighted by molar-refractivity contribution is 7.94. The molecule has 3 heterocycles. The summed E-state index contributed by atoms with van der Waals surface area (Å²) < 4.78 is 70.1. The first kappa shape index (κ1) is 20.7. The number of sulfonamides is 1. The van der Waals surface area contributed by atoms with E-state index in [1.807, 2.05) is 12.1 Å². The molecule has 0 spiro atoms. The minimum atomic E-state index is -4.65. The van der Waals surface area contributed by atoms with E-state index >= 15 is 0 Å². The molecule has 0 bridgehead atoms. The third-order valence-corrected chi connectivity index (χ3v) is 7.71. The molecule has 0 radical (unpaired) electrons. The normalized spacial score (nSPS) is 15.4. The highest BCUT2D eigenvalue weighted by Gasteiger charge is 2.36. The first-order valence-electron chi connectivity index (χ1n) is 9.24. The third kappa shape index (κ3) is 4.46. The number of piperidine rings is 1. The SMILES string of the molecule is O=S(=O)(Nc1ccc(N2CCCCC2)cc1)c1ccc(-c2cc(C(F)(F)F)on2)s1. The van der Waals surface area contributed by atoms with E-state index in [9.17, 15) is 21.6 Å². The standard InChI is InChI=1S/C19H18F3N3O3S2/c20-19(21,22)17-12-15(23-28-17)16-8-9-18(29-16)30(26,27)24-13-4-6-14(7-5-13)25-10-2-1-3-11-25/h4-9,12,24H,1-3,10-11H2. The third-order valence-electron chi connectivity index (χ3n) is 4.73. The minimum absolute atomic E-state index is 0.0332. The van der Waals surface area contributed by atoms with E-state index in [4.69, 9.17) is 0 Å². The molecular formula is C19H18F3N3O3S2. The minimum Gasteiger partial charge on any atom is -0.372 e. The molecule has 4 rings (SSSR count). The maximum atomic E-state index is 12.7. The molecule has 1 fully saturated rings. The van der Waals surface area contributed by atoms with E-state index in [0.717, 1.165) is 49.0 Å². The maximum absolute atomic E-state index is 12.7. The highest BCUT2D eigenvalue weighted by Crippen LogP contribution is 2.35. The van der Waals surface area contributed by atoms with Crippen LogP contribution in [-0.4, -0.2) is 26.7 Å². The van der Waals surface area contributed by atoms with Gasteiger partial charge in [-0.2, -0.15) is 13.2 Å². The smallest absolute Gasteiger partial charge is 0.372 e. The summed E-state index contributed by atoms with van der Waals surface area (Å²) in [6.07, 6.45) is -1.14. The number of thiophene rings is 1. The van der Waals surface area contributed by atoms with Crippen molar-refractivity contribution in [2.24, 2.45) is 0 Å². The molecule has 30 heavy (non-hydrogen) atoms. The van der Waals surface area contributed by atoms with Gasteiger partial charge in [0.1, 0.15) is 9.90 Å². The number of rotatable bonds is 5. The van der Waals surface area contributed by atoms with E-state index < -0.39 is 22.0 Å². The Morgan fingerprint density at radius 3 is 2.37 bits per heavy atom. The second kappa shape index (κ2) is 7.95. The van der Waals surface area contributed by atoms with Crippen LogP contribution in [0.25, 0.3) is 10.6 Å². The Morgan fingerprint density at radius 2 is 1.73 bits per heavy atom. The molecule has 1 N–H and O–H groups in total. The summed E-state index contributed by atoms with van der Waals surface area (Å²) in [7, 11) is -3.89. The molecular weight excluding hydrogens is 439 g/mol. The largest absolute Gasteiger partial charge is 0.452 e. The van der Waals surface area contributed by atoms with Crippen molar-refractivity contribution in [2.75, 3.05) is 22.7 Å². The summed E-state index contributed by atoms with van der Waals surface area (Å²) in [6, 6.07) is 10.6. The molecule has 160 valence electrons. The van der Waals surface area contributed by atoms with Crippen LogP contribution in [-0.2, 0) is 16.2 Å².